The highest BCUT2D eigenvalue weighted by Crippen LogP contribution is 2.50. The largest absolute Gasteiger partial charge is 0.472 e. The molecule has 2 aliphatic rings. The molecule has 462 valence electrons. The summed E-state index contributed by atoms with van der Waals surface area (Å²) in [6.07, 6.45) is -7.58. The number of aromatic nitrogens is 8. The number of halogens is 1. The number of fused-ring (bicyclic) bond motifs is 3. The number of nitrogen functional groups attached to an aromatic ring is 2. The molecule has 87 heavy (non-hydrogen) atoms. The third kappa shape index (κ3) is 17.6. The number of carbonyl (C=O) groups excluding carboxylic acids is 3. The third-order valence-corrected chi connectivity index (χ3v) is 15.5. The molecule has 7 aromatic rings. The monoisotopic (exact) mass is 1290 g/mol. The van der Waals surface area contributed by atoms with Crippen LogP contribution in [0.3, 0.4) is 0 Å². The number of nitrogens with two attached hydrogens (primary N) is 3. The normalized spacial score (nSPS) is 20.7. The number of imidazole rings is 1. The van der Waals surface area contributed by atoms with E-state index in [0.29, 0.717) is 26.4 Å². The lowest BCUT2D eigenvalue weighted by molar-refractivity contribution is -0.158. The number of alkyl carbamates (subject to hydrolysis) is 1. The summed E-state index contributed by atoms with van der Waals surface area (Å²) in [5.41, 5.74) is 19.1. The van der Waals surface area contributed by atoms with Gasteiger partial charge in [0, 0.05) is 19.0 Å². The molecule has 2 aromatic carbocycles. The number of amides is 1. The van der Waals surface area contributed by atoms with Gasteiger partial charge >= 0.3 is 44.5 Å². The van der Waals surface area contributed by atoms with E-state index in [2.05, 4.69) is 44.6 Å². The van der Waals surface area contributed by atoms with Gasteiger partial charge in [-0.2, -0.15) is 15.5 Å². The van der Waals surface area contributed by atoms with Gasteiger partial charge in [0.15, 0.2) is 40.9 Å². The van der Waals surface area contributed by atoms with Gasteiger partial charge in [0.05, 0.1) is 43.0 Å². The van der Waals surface area contributed by atoms with Crippen molar-refractivity contribution in [3.63, 3.8) is 0 Å². The number of phosphoric acid groups is 2. The van der Waals surface area contributed by atoms with E-state index in [1.165, 1.54) is 34.5 Å². The van der Waals surface area contributed by atoms with Crippen LogP contribution in [0.5, 0.6) is 0 Å². The van der Waals surface area contributed by atoms with E-state index >= 15 is 0 Å². The lowest BCUT2D eigenvalue weighted by Gasteiger charge is -2.24. The predicted molar refractivity (Wildman–Crippen MR) is 302 cm³/mol. The number of esters is 2. The summed E-state index contributed by atoms with van der Waals surface area (Å²) in [7, 11) is -11.2. The molecular formula is C49H54FN15O18P2S2. The van der Waals surface area contributed by atoms with Crippen molar-refractivity contribution in [2.24, 2.45) is 5.73 Å². The number of ether oxygens (including phenoxy) is 5. The van der Waals surface area contributed by atoms with Crippen LogP contribution in [0.4, 0.5) is 26.0 Å². The number of aliphatic hydroxyl groups is 1. The van der Waals surface area contributed by atoms with Crippen molar-refractivity contribution in [2.75, 3.05) is 38.4 Å². The number of hydrogen-bond donors (Lipinski definition) is 8. The number of rotatable bonds is 19. The number of phosphoric ester groups is 2. The van der Waals surface area contributed by atoms with Crippen LogP contribution in [-0.4, -0.2) is 152 Å². The van der Waals surface area contributed by atoms with Crippen LogP contribution >= 0.6 is 38.3 Å². The Morgan fingerprint density at radius 2 is 1.64 bits per heavy atom. The highest BCUT2D eigenvalue weighted by atomic mass is 32.1. The topological polar surface area (TPSA) is 486 Å². The number of carbonyl (C=O) groups is 3. The minimum atomic E-state index is -5.19. The Labute approximate surface area is 500 Å². The Morgan fingerprint density at radius 1 is 0.966 bits per heavy atom. The van der Waals surface area contributed by atoms with Crippen LogP contribution < -0.4 is 28.2 Å². The number of nitrogens with zero attached hydrogens (tertiary/aromatic N) is 11. The molecule has 2 unspecified atom stereocenters. The number of nitriles is 2. The van der Waals surface area contributed by atoms with Gasteiger partial charge in [-0.1, -0.05) is 18.7 Å². The molecule has 1 amide bonds. The standard InChI is InChI=1S/C30H33N11O14P2S.C18H18N4O4S.CH3F/c31-8-21-38-15-2-1-13(6-19(15)58-21)5-14(32)29(43)54-25-18(53-28(24(25)42)41-12-37-23-26(34)35-11-36-27(23)41)10-51-57(48,49)55-16-7-22(40-4-3-20(33)39-30(40)44)52-17(16)9-50-56(45,46)47;1-18(2,3)26-17(24)22-13(15(23)25-8-7-19)9-11-5-6-12-14(10-11)27-16(20-4)21-12;1-2/h1-4,6,11-12,14,16-18,22,24-25,28,42H,5,7,9-10,32H2,(H,48,49)(H2,33,39,44)(H2,34,35,36)(H2,45,46,47);5-6,10,13H,8-9H2,1-3H3,(H,22,24);1H3/t14-,16-,17+,18+,22+,24?,25+,28+;13-;/m00./s1/i;;1D. The molecule has 0 aliphatic carbocycles. The van der Waals surface area contributed by atoms with E-state index in [1.807, 2.05) is 12.1 Å². The van der Waals surface area contributed by atoms with E-state index in [9.17, 15) is 57.7 Å². The molecule has 9 rings (SSSR count). The molecule has 38 heteroatoms. The molecule has 33 nitrogen and oxygen atoms in total. The summed E-state index contributed by atoms with van der Waals surface area (Å²) in [6.45, 7) is 10.1. The molecule has 0 spiro atoms. The van der Waals surface area contributed by atoms with Crippen LogP contribution in [0.2, 0.25) is 0 Å². The first-order valence-electron chi connectivity index (χ1n) is 25.9. The zero-order valence-corrected chi connectivity index (χ0v) is 49.1. The maximum absolute atomic E-state index is 13.4. The second kappa shape index (κ2) is 28.6. The Morgan fingerprint density at radius 3 is 2.30 bits per heavy atom. The second-order valence-corrected chi connectivity index (χ2v) is 24.1. The van der Waals surface area contributed by atoms with E-state index < -0.39 is 127 Å². The van der Waals surface area contributed by atoms with E-state index in [4.69, 9.17) is 63.1 Å². The second-order valence-electron chi connectivity index (χ2n) is 19.5. The molecule has 2 aliphatic heterocycles. The third-order valence-electron chi connectivity index (χ3n) is 12.2. The first-order valence-corrected chi connectivity index (χ1v) is 29.8. The fraction of sp³-hybridized carbons (Fsp3) is 0.408. The Kier molecular flexibility index (Phi) is 21.4. The molecule has 5 aromatic heterocycles. The highest BCUT2D eigenvalue weighted by Gasteiger charge is 2.50. The van der Waals surface area contributed by atoms with Crippen molar-refractivity contribution in [3.05, 3.63) is 99.4 Å². The van der Waals surface area contributed by atoms with Gasteiger partial charge in [-0.25, -0.2) is 43.4 Å². The molecule has 11 N–H and O–H groups in total. The molecule has 0 radical (unpaired) electrons. The summed E-state index contributed by atoms with van der Waals surface area (Å²) in [5.74, 6) is -1.80. The summed E-state index contributed by atoms with van der Waals surface area (Å²) in [6, 6.07) is 13.1. The van der Waals surface area contributed by atoms with Crippen molar-refractivity contribution >= 4 is 105 Å². The van der Waals surface area contributed by atoms with Crippen molar-refractivity contribution in [3.8, 4) is 12.1 Å². The Bertz CT molecular complexity index is 3960. The van der Waals surface area contributed by atoms with Gasteiger partial charge in [0.25, 0.3) is 0 Å². The summed E-state index contributed by atoms with van der Waals surface area (Å²) < 4.78 is 86.8. The van der Waals surface area contributed by atoms with E-state index in [1.54, 1.807) is 57.2 Å². The highest BCUT2D eigenvalue weighted by molar-refractivity contribution is 7.47. The van der Waals surface area contributed by atoms with Gasteiger partial charge in [0.2, 0.25) is 0 Å². The summed E-state index contributed by atoms with van der Waals surface area (Å²) >= 11 is 2.41. The van der Waals surface area contributed by atoms with Crippen molar-refractivity contribution in [1.29, 1.82) is 10.5 Å². The fourth-order valence-corrected chi connectivity index (χ4v) is 11.5. The smallest absolute Gasteiger partial charge is 0.455 e. The summed E-state index contributed by atoms with van der Waals surface area (Å²) in [5, 5.41) is 32.4. The number of benzene rings is 2. The van der Waals surface area contributed by atoms with Gasteiger partial charge in [-0.3, -0.25) is 31.9 Å². The molecule has 2 saturated heterocycles. The number of nitrogens with one attached hydrogen (secondary N) is 1. The van der Waals surface area contributed by atoms with Crippen LogP contribution in [0.25, 0.3) is 36.4 Å². The first kappa shape index (κ1) is 64.9. The average Bonchev–Trinajstić information content (AvgIpc) is 1.74. The van der Waals surface area contributed by atoms with Crippen LogP contribution in [0.1, 0.15) is 57.2 Å². The molecule has 7 heterocycles. The number of hydrogen-bond acceptors (Lipinski definition) is 28. The SMILES string of the molecule is N#Cc1nc2ccc(C[C@H](N)C(=O)O[C@H]3C(O)[C@H](n4cnc5c(N)ncnc54)O[C@@H]3COP(=O)(O)O[C@H]3C[C@H](n4ccc(N)nc4=O)O[C@@H]3COP(=O)(O)O)cc2s1.[2H]CF.[C-]#[N+]c1nc2ccc(C[C@H](NC(=O)OC(C)(C)C)C(=O)OCC#N)cc2s1. The average molecular weight is 1290 g/mol. The van der Waals surface area contributed by atoms with E-state index in [0.717, 1.165) is 32.5 Å². The lowest BCUT2D eigenvalue weighted by Crippen LogP contribution is -2.45. The Hall–Kier alpha value is -8.08. The fourth-order valence-electron chi connectivity index (χ4n) is 8.52. The lowest BCUT2D eigenvalue weighted by atomic mass is 10.1. The molecular weight excluding hydrogens is 1230 g/mol. The number of alkyl halides is 1. The van der Waals surface area contributed by atoms with Gasteiger partial charge in [-0.15, -0.1) is 27.7 Å². The Balaban J connectivity index is 0.000000307. The van der Waals surface area contributed by atoms with Crippen LogP contribution in [0, 0.1) is 29.2 Å². The molecule has 10 atom stereocenters. The van der Waals surface area contributed by atoms with Crippen molar-refractivity contribution < 1.29 is 86.3 Å². The van der Waals surface area contributed by atoms with Crippen LogP contribution in [0.15, 0.2) is 66.1 Å². The van der Waals surface area contributed by atoms with Crippen LogP contribution in [-0.2, 0) is 68.8 Å². The van der Waals surface area contributed by atoms with Gasteiger partial charge in [0.1, 0.15) is 78.1 Å². The van der Waals surface area contributed by atoms with Gasteiger partial charge < -0.3 is 70.8 Å². The molecule has 0 saturated carbocycles. The van der Waals surface area contributed by atoms with Gasteiger partial charge in [-0.05, 0) is 68.7 Å². The maximum Gasteiger partial charge on any atom is 0.472 e. The number of thiazole rings is 2. The first-order chi connectivity index (χ1) is 41.6. The van der Waals surface area contributed by atoms with Crippen molar-refractivity contribution in [2.45, 2.75) is 101 Å². The zero-order valence-electron chi connectivity index (χ0n) is 46.7. The molecule has 0 bridgehead atoms. The predicted octanol–water partition coefficient (Wildman–Crippen LogP) is 3.30. The minimum absolute atomic E-state index is 0.0176. The number of anilines is 2. The van der Waals surface area contributed by atoms with Crippen molar-refractivity contribution in [1.82, 2.24) is 44.4 Å². The quantitative estimate of drug-likeness (QED) is 0.0249. The maximum atomic E-state index is 13.4. The summed E-state index contributed by atoms with van der Waals surface area (Å²) in [4.78, 5) is 107. The van der Waals surface area contributed by atoms with E-state index in [-0.39, 0.29) is 47.1 Å². The number of aliphatic hydroxyl groups excluding tert-OH is 1. The minimum Gasteiger partial charge on any atom is -0.455 e. The molecule has 2 fully saturated rings. The zero-order chi connectivity index (χ0) is 64.3.